The largest absolute Gasteiger partial charge is 0.383 e. The van der Waals surface area contributed by atoms with E-state index in [1.165, 1.54) is 16.9 Å². The van der Waals surface area contributed by atoms with E-state index in [0.717, 1.165) is 35.4 Å². The number of rotatable bonds is 5. The number of thiophene rings is 1. The molecular formula is C20H17BrN4S3. The highest BCUT2D eigenvalue weighted by Crippen LogP contribution is 2.45. The maximum Gasteiger partial charge on any atom is 0.156 e. The molecule has 0 spiro atoms. The van der Waals surface area contributed by atoms with E-state index in [0.29, 0.717) is 0 Å². The van der Waals surface area contributed by atoms with Gasteiger partial charge in [-0.1, -0.05) is 28.1 Å². The van der Waals surface area contributed by atoms with Gasteiger partial charge in [-0.15, -0.1) is 34.4 Å². The van der Waals surface area contributed by atoms with Gasteiger partial charge in [0.25, 0.3) is 0 Å². The molecule has 0 aliphatic carbocycles. The van der Waals surface area contributed by atoms with Crippen molar-refractivity contribution in [2.75, 3.05) is 6.26 Å². The van der Waals surface area contributed by atoms with Crippen molar-refractivity contribution in [3.8, 4) is 11.3 Å². The number of thioether (sulfide) groups is 1. The van der Waals surface area contributed by atoms with Crippen molar-refractivity contribution in [2.24, 2.45) is 10.7 Å². The van der Waals surface area contributed by atoms with Crippen LogP contribution in [0.4, 0.5) is 0 Å². The van der Waals surface area contributed by atoms with Gasteiger partial charge in [-0.25, -0.2) is 4.98 Å². The van der Waals surface area contributed by atoms with Gasteiger partial charge in [-0.2, -0.15) is 0 Å². The molecule has 1 atom stereocenters. The zero-order chi connectivity index (χ0) is 19.9. The molecule has 0 saturated carbocycles. The van der Waals surface area contributed by atoms with Gasteiger partial charge in [0.15, 0.2) is 5.54 Å². The predicted molar refractivity (Wildman–Crippen MR) is 126 cm³/mol. The van der Waals surface area contributed by atoms with Crippen LogP contribution in [0.25, 0.3) is 11.3 Å². The SMILES string of the molecule is CSc1sc(C(=N)N)cc1-c1csc(C2(c3ccc(C)cc3Br)C=CC=N2)n1. The third-order valence-corrected chi connectivity index (χ3v) is 8.42. The van der Waals surface area contributed by atoms with Crippen LogP contribution >= 0.6 is 50.4 Å². The van der Waals surface area contributed by atoms with Crippen molar-refractivity contribution in [1.82, 2.24) is 4.98 Å². The number of hydrogen-bond acceptors (Lipinski definition) is 6. The van der Waals surface area contributed by atoms with Gasteiger partial charge in [-0.05, 0) is 43.0 Å². The molecule has 4 rings (SSSR count). The predicted octanol–water partition coefficient (Wildman–Crippen LogP) is 5.83. The zero-order valence-electron chi connectivity index (χ0n) is 15.2. The Balaban J connectivity index is 1.83. The van der Waals surface area contributed by atoms with Gasteiger partial charge in [-0.3, -0.25) is 10.4 Å². The number of allylic oxidation sites excluding steroid dienone is 1. The number of benzene rings is 1. The van der Waals surface area contributed by atoms with Crippen molar-refractivity contribution >= 4 is 62.4 Å². The molecule has 28 heavy (non-hydrogen) atoms. The van der Waals surface area contributed by atoms with Crippen LogP contribution < -0.4 is 5.73 Å². The van der Waals surface area contributed by atoms with E-state index in [1.54, 1.807) is 23.1 Å². The van der Waals surface area contributed by atoms with Crippen LogP contribution in [0.2, 0.25) is 0 Å². The van der Waals surface area contributed by atoms with E-state index >= 15 is 0 Å². The standard InChI is InChI=1S/C20H17BrN4S3/c1-11-4-5-13(14(21)8-11)20(6-3-7-24-20)19-25-15(10-27-19)12-9-16(17(22)23)28-18(12)26-2/h3-10H,1-2H3,(H3,22,23). The zero-order valence-corrected chi connectivity index (χ0v) is 19.2. The minimum absolute atomic E-state index is 0.0883. The summed E-state index contributed by atoms with van der Waals surface area (Å²) in [7, 11) is 0. The third kappa shape index (κ3) is 3.28. The summed E-state index contributed by atoms with van der Waals surface area (Å²) in [6.45, 7) is 2.07. The van der Waals surface area contributed by atoms with Crippen molar-refractivity contribution in [3.63, 3.8) is 0 Å². The van der Waals surface area contributed by atoms with Gasteiger partial charge in [0, 0.05) is 27.2 Å². The lowest BCUT2D eigenvalue weighted by Crippen LogP contribution is -2.21. The molecule has 0 fully saturated rings. The topological polar surface area (TPSA) is 75.1 Å². The number of aryl methyl sites for hydroxylation is 1. The summed E-state index contributed by atoms with van der Waals surface area (Å²) in [6, 6.07) is 8.28. The molecule has 8 heteroatoms. The van der Waals surface area contributed by atoms with Crippen molar-refractivity contribution in [1.29, 1.82) is 5.41 Å². The Hall–Kier alpha value is -1.74. The highest BCUT2D eigenvalue weighted by molar-refractivity contribution is 9.10. The Morgan fingerprint density at radius 3 is 2.79 bits per heavy atom. The third-order valence-electron chi connectivity index (χ3n) is 4.49. The Morgan fingerprint density at radius 2 is 2.14 bits per heavy atom. The van der Waals surface area contributed by atoms with Crippen LogP contribution in [0, 0.1) is 12.3 Å². The van der Waals surface area contributed by atoms with E-state index < -0.39 is 5.54 Å². The average Bonchev–Trinajstić information content (AvgIpc) is 3.40. The number of halogens is 1. The normalized spacial score (nSPS) is 18.1. The smallest absolute Gasteiger partial charge is 0.156 e. The number of thiazole rings is 1. The molecule has 1 unspecified atom stereocenters. The van der Waals surface area contributed by atoms with E-state index in [-0.39, 0.29) is 5.84 Å². The summed E-state index contributed by atoms with van der Waals surface area (Å²) in [5, 5.41) is 10.7. The maximum atomic E-state index is 7.74. The molecule has 3 heterocycles. The first-order valence-electron chi connectivity index (χ1n) is 8.43. The summed E-state index contributed by atoms with van der Waals surface area (Å²) < 4.78 is 2.13. The molecule has 1 aliphatic rings. The molecule has 142 valence electrons. The van der Waals surface area contributed by atoms with E-state index in [2.05, 4.69) is 52.5 Å². The second kappa shape index (κ2) is 7.59. The molecule has 0 radical (unpaired) electrons. The summed E-state index contributed by atoms with van der Waals surface area (Å²) in [4.78, 5) is 10.5. The number of nitrogen functional groups attached to an aromatic ring is 1. The maximum absolute atomic E-state index is 7.74. The first kappa shape index (κ1) is 19.6. The van der Waals surface area contributed by atoms with Gasteiger partial charge in [0.1, 0.15) is 10.8 Å². The number of aromatic nitrogens is 1. The van der Waals surface area contributed by atoms with Crippen LogP contribution in [-0.2, 0) is 5.54 Å². The lowest BCUT2D eigenvalue weighted by Gasteiger charge is -2.24. The quantitative estimate of drug-likeness (QED) is 0.269. The fourth-order valence-corrected chi connectivity index (χ4v) is 6.63. The minimum atomic E-state index is -0.617. The summed E-state index contributed by atoms with van der Waals surface area (Å²) in [5.74, 6) is 0.0883. The van der Waals surface area contributed by atoms with Gasteiger partial charge in [0.2, 0.25) is 0 Å². The second-order valence-corrected chi connectivity index (χ2v) is 10.2. The Morgan fingerprint density at radius 1 is 1.32 bits per heavy atom. The Kier molecular flexibility index (Phi) is 5.30. The van der Waals surface area contributed by atoms with Crippen molar-refractivity contribution in [3.05, 3.63) is 67.3 Å². The lowest BCUT2D eigenvalue weighted by atomic mass is 9.91. The van der Waals surface area contributed by atoms with Crippen LogP contribution in [0.15, 0.2) is 55.5 Å². The first-order chi connectivity index (χ1) is 13.4. The summed E-state index contributed by atoms with van der Waals surface area (Å²) in [5.41, 5.74) is 9.26. The summed E-state index contributed by atoms with van der Waals surface area (Å²) in [6.07, 6.45) is 7.93. The van der Waals surface area contributed by atoms with Gasteiger partial charge in [0.05, 0.1) is 14.8 Å². The Labute approximate surface area is 184 Å². The average molecular weight is 489 g/mol. The molecular weight excluding hydrogens is 472 g/mol. The number of amidine groups is 1. The van der Waals surface area contributed by atoms with E-state index in [9.17, 15) is 0 Å². The molecule has 3 aromatic rings. The highest BCUT2D eigenvalue weighted by Gasteiger charge is 2.37. The molecule has 0 bridgehead atoms. The second-order valence-electron chi connectivity index (χ2n) is 6.35. The van der Waals surface area contributed by atoms with Crippen LogP contribution in [-0.4, -0.2) is 23.3 Å². The molecule has 2 aromatic heterocycles. The minimum Gasteiger partial charge on any atom is -0.383 e. The van der Waals surface area contributed by atoms with Crippen LogP contribution in [0.3, 0.4) is 0 Å². The van der Waals surface area contributed by atoms with Gasteiger partial charge >= 0.3 is 0 Å². The fraction of sp³-hybridized carbons (Fsp3) is 0.150. The van der Waals surface area contributed by atoms with Gasteiger partial charge < -0.3 is 5.73 Å². The lowest BCUT2D eigenvalue weighted by molar-refractivity contribution is 0.689. The summed E-state index contributed by atoms with van der Waals surface area (Å²) >= 11 is 8.49. The van der Waals surface area contributed by atoms with Crippen molar-refractivity contribution in [2.45, 2.75) is 16.7 Å². The van der Waals surface area contributed by atoms with Crippen LogP contribution in [0.5, 0.6) is 0 Å². The number of nitrogens with two attached hydrogens (primary N) is 1. The Bertz CT molecular complexity index is 1110. The molecule has 1 aromatic carbocycles. The molecule has 4 nitrogen and oxygen atoms in total. The number of hydrogen-bond donors (Lipinski definition) is 2. The number of nitrogens with one attached hydrogen (secondary N) is 1. The number of aliphatic imine (C=N–C) groups is 1. The molecule has 0 amide bonds. The van der Waals surface area contributed by atoms with E-state index in [4.69, 9.17) is 21.1 Å². The monoisotopic (exact) mass is 488 g/mol. The van der Waals surface area contributed by atoms with E-state index in [1.807, 2.05) is 24.6 Å². The fourth-order valence-electron chi connectivity index (χ4n) is 3.13. The first-order valence-corrected chi connectivity index (χ1v) is 12.1. The molecule has 1 aliphatic heterocycles. The molecule has 0 saturated heterocycles. The molecule has 3 N–H and O–H groups in total. The van der Waals surface area contributed by atoms with Crippen LogP contribution in [0.1, 0.15) is 21.0 Å². The highest BCUT2D eigenvalue weighted by atomic mass is 79.9. The van der Waals surface area contributed by atoms with Crippen molar-refractivity contribution < 1.29 is 0 Å². The number of nitrogens with zero attached hydrogens (tertiary/aromatic N) is 2.